The van der Waals surface area contributed by atoms with E-state index in [2.05, 4.69) is 13.8 Å². The lowest BCUT2D eigenvalue weighted by molar-refractivity contribution is 0.475. The average molecular weight is 227 g/mol. The van der Waals surface area contributed by atoms with Gasteiger partial charge in [0, 0.05) is 5.69 Å². The van der Waals surface area contributed by atoms with Crippen LogP contribution >= 0.6 is 0 Å². The van der Waals surface area contributed by atoms with Crippen molar-refractivity contribution in [1.82, 2.24) is 0 Å². The topological polar surface area (TPSA) is 46.2 Å². The highest BCUT2D eigenvalue weighted by Crippen LogP contribution is 2.32. The molecule has 0 radical (unpaired) electrons. The highest BCUT2D eigenvalue weighted by molar-refractivity contribution is 5.71. The summed E-state index contributed by atoms with van der Waals surface area (Å²) in [5.74, 6) is 0.712. The van der Waals surface area contributed by atoms with Gasteiger partial charge in [0.2, 0.25) is 0 Å². The van der Waals surface area contributed by atoms with Crippen molar-refractivity contribution in [3.05, 3.63) is 48.0 Å². The van der Waals surface area contributed by atoms with Crippen molar-refractivity contribution in [2.75, 3.05) is 5.73 Å². The van der Waals surface area contributed by atoms with Crippen LogP contribution in [0.4, 0.5) is 5.69 Å². The molecule has 0 aliphatic carbocycles. The molecule has 2 aromatic carbocycles. The molecule has 0 spiro atoms. The number of hydrogen-bond donors (Lipinski definition) is 2. The van der Waals surface area contributed by atoms with Gasteiger partial charge in [-0.05, 0) is 46.9 Å². The number of rotatable bonds is 2. The van der Waals surface area contributed by atoms with E-state index in [4.69, 9.17) is 5.73 Å². The number of phenols is 1. The summed E-state index contributed by atoms with van der Waals surface area (Å²) in [5.41, 5.74) is 9.81. The molecule has 3 N–H and O–H groups in total. The molecule has 0 unspecified atom stereocenters. The van der Waals surface area contributed by atoms with Gasteiger partial charge < -0.3 is 10.8 Å². The van der Waals surface area contributed by atoms with Crippen molar-refractivity contribution in [1.29, 1.82) is 0 Å². The summed E-state index contributed by atoms with van der Waals surface area (Å²) in [6.45, 7) is 4.29. The Morgan fingerprint density at radius 1 is 1.00 bits per heavy atom. The second kappa shape index (κ2) is 4.50. The Balaban J connectivity index is 2.56. The zero-order valence-corrected chi connectivity index (χ0v) is 10.1. The minimum atomic E-state index is 0.293. The molecule has 0 atom stereocenters. The standard InChI is InChI=1S/C15H17NO/c1-10(2)14-8-7-13(17)9-15(14)11-3-5-12(16)6-4-11/h3-10,17H,16H2,1-2H3. The molecule has 0 saturated heterocycles. The first kappa shape index (κ1) is 11.5. The summed E-state index contributed by atoms with van der Waals surface area (Å²) in [5, 5.41) is 9.61. The van der Waals surface area contributed by atoms with Crippen molar-refractivity contribution >= 4 is 5.69 Å². The number of anilines is 1. The average Bonchev–Trinajstić information content (AvgIpc) is 2.29. The number of aromatic hydroxyl groups is 1. The van der Waals surface area contributed by atoms with Crippen molar-refractivity contribution < 1.29 is 5.11 Å². The second-order valence-corrected chi connectivity index (χ2v) is 4.55. The van der Waals surface area contributed by atoms with Crippen molar-refractivity contribution in [3.8, 4) is 16.9 Å². The van der Waals surface area contributed by atoms with Crippen molar-refractivity contribution in [3.63, 3.8) is 0 Å². The van der Waals surface area contributed by atoms with Gasteiger partial charge in [0.25, 0.3) is 0 Å². The SMILES string of the molecule is CC(C)c1ccc(O)cc1-c1ccc(N)cc1. The monoisotopic (exact) mass is 227 g/mol. The van der Waals surface area contributed by atoms with E-state index < -0.39 is 0 Å². The summed E-state index contributed by atoms with van der Waals surface area (Å²) in [6.07, 6.45) is 0. The molecule has 2 rings (SSSR count). The van der Waals surface area contributed by atoms with Crippen LogP contribution in [0.3, 0.4) is 0 Å². The predicted octanol–water partition coefficient (Wildman–Crippen LogP) is 3.76. The van der Waals surface area contributed by atoms with E-state index in [0.717, 1.165) is 16.8 Å². The van der Waals surface area contributed by atoms with Crippen LogP contribution in [0.25, 0.3) is 11.1 Å². The van der Waals surface area contributed by atoms with E-state index in [9.17, 15) is 5.11 Å². The molecule has 88 valence electrons. The van der Waals surface area contributed by atoms with E-state index in [1.165, 1.54) is 5.56 Å². The minimum absolute atomic E-state index is 0.293. The molecular formula is C15H17NO. The first-order valence-corrected chi connectivity index (χ1v) is 5.77. The largest absolute Gasteiger partial charge is 0.508 e. The predicted molar refractivity (Wildman–Crippen MR) is 72.0 cm³/mol. The fraction of sp³-hybridized carbons (Fsp3) is 0.200. The first-order valence-electron chi connectivity index (χ1n) is 5.77. The maximum absolute atomic E-state index is 9.61. The number of nitrogen functional groups attached to an aromatic ring is 1. The van der Waals surface area contributed by atoms with Gasteiger partial charge in [-0.2, -0.15) is 0 Å². The normalized spacial score (nSPS) is 10.8. The van der Waals surface area contributed by atoms with Crippen LogP contribution in [0, 0.1) is 0 Å². The molecule has 2 heteroatoms. The second-order valence-electron chi connectivity index (χ2n) is 4.55. The Hall–Kier alpha value is -1.96. The van der Waals surface area contributed by atoms with Gasteiger partial charge in [-0.1, -0.05) is 32.0 Å². The number of nitrogens with two attached hydrogens (primary N) is 1. The van der Waals surface area contributed by atoms with Gasteiger partial charge in [0.1, 0.15) is 5.75 Å². The summed E-state index contributed by atoms with van der Waals surface area (Å²) in [4.78, 5) is 0. The Morgan fingerprint density at radius 2 is 1.65 bits per heavy atom. The van der Waals surface area contributed by atoms with E-state index in [1.807, 2.05) is 30.3 Å². The smallest absolute Gasteiger partial charge is 0.116 e. The van der Waals surface area contributed by atoms with E-state index in [-0.39, 0.29) is 0 Å². The van der Waals surface area contributed by atoms with Gasteiger partial charge >= 0.3 is 0 Å². The van der Waals surface area contributed by atoms with Crippen molar-refractivity contribution in [2.24, 2.45) is 0 Å². The molecule has 0 amide bonds. The Bertz CT molecular complexity index is 515. The lowest BCUT2D eigenvalue weighted by Gasteiger charge is -2.13. The zero-order valence-electron chi connectivity index (χ0n) is 10.1. The number of phenolic OH excluding ortho intramolecular Hbond substituents is 1. The molecule has 0 fully saturated rings. The lowest BCUT2D eigenvalue weighted by atomic mass is 9.92. The van der Waals surface area contributed by atoms with Crippen LogP contribution in [0.5, 0.6) is 5.75 Å². The van der Waals surface area contributed by atoms with Gasteiger partial charge in [-0.3, -0.25) is 0 Å². The van der Waals surface area contributed by atoms with Crippen LogP contribution in [0.15, 0.2) is 42.5 Å². The van der Waals surface area contributed by atoms with Gasteiger partial charge in [-0.25, -0.2) is 0 Å². The maximum atomic E-state index is 9.61. The zero-order chi connectivity index (χ0) is 12.4. The lowest BCUT2D eigenvalue weighted by Crippen LogP contribution is -1.92. The molecule has 0 aromatic heterocycles. The minimum Gasteiger partial charge on any atom is -0.508 e. The third-order valence-electron chi connectivity index (χ3n) is 2.88. The van der Waals surface area contributed by atoms with Crippen LogP contribution in [-0.4, -0.2) is 5.11 Å². The molecular weight excluding hydrogens is 210 g/mol. The Labute approximate surface area is 102 Å². The summed E-state index contributed by atoms with van der Waals surface area (Å²) >= 11 is 0. The molecule has 0 aliphatic rings. The highest BCUT2D eigenvalue weighted by Gasteiger charge is 2.09. The fourth-order valence-electron chi connectivity index (χ4n) is 1.96. The van der Waals surface area contributed by atoms with E-state index in [0.29, 0.717) is 11.7 Å². The molecule has 2 aromatic rings. The van der Waals surface area contributed by atoms with Crippen LogP contribution < -0.4 is 5.73 Å². The van der Waals surface area contributed by atoms with Crippen LogP contribution in [0.1, 0.15) is 25.3 Å². The molecule has 0 aliphatic heterocycles. The van der Waals surface area contributed by atoms with Crippen LogP contribution in [-0.2, 0) is 0 Å². The maximum Gasteiger partial charge on any atom is 0.116 e. The van der Waals surface area contributed by atoms with Crippen LogP contribution in [0.2, 0.25) is 0 Å². The Kier molecular flexibility index (Phi) is 3.05. The van der Waals surface area contributed by atoms with Crippen molar-refractivity contribution in [2.45, 2.75) is 19.8 Å². The highest BCUT2D eigenvalue weighted by atomic mass is 16.3. The molecule has 0 heterocycles. The van der Waals surface area contributed by atoms with Gasteiger partial charge in [0.05, 0.1) is 0 Å². The fourth-order valence-corrected chi connectivity index (χ4v) is 1.96. The van der Waals surface area contributed by atoms with Gasteiger partial charge in [-0.15, -0.1) is 0 Å². The van der Waals surface area contributed by atoms with E-state index >= 15 is 0 Å². The first-order chi connectivity index (χ1) is 8.08. The summed E-state index contributed by atoms with van der Waals surface area (Å²) in [6, 6.07) is 13.2. The molecule has 0 bridgehead atoms. The number of hydrogen-bond acceptors (Lipinski definition) is 2. The molecule has 0 saturated carbocycles. The summed E-state index contributed by atoms with van der Waals surface area (Å²) < 4.78 is 0. The quantitative estimate of drug-likeness (QED) is 0.767. The summed E-state index contributed by atoms with van der Waals surface area (Å²) in [7, 11) is 0. The molecule has 2 nitrogen and oxygen atoms in total. The van der Waals surface area contributed by atoms with E-state index in [1.54, 1.807) is 12.1 Å². The number of benzene rings is 2. The molecule has 17 heavy (non-hydrogen) atoms. The Morgan fingerprint density at radius 3 is 2.24 bits per heavy atom. The van der Waals surface area contributed by atoms with Gasteiger partial charge in [0.15, 0.2) is 0 Å². The third-order valence-corrected chi connectivity index (χ3v) is 2.88. The third kappa shape index (κ3) is 2.41.